The highest BCUT2D eigenvalue weighted by Crippen LogP contribution is 2.24. The van der Waals surface area contributed by atoms with E-state index in [-0.39, 0.29) is 11.9 Å². The molecule has 0 atom stereocenters. The molecule has 0 aromatic heterocycles. The van der Waals surface area contributed by atoms with Crippen molar-refractivity contribution in [1.29, 1.82) is 0 Å². The second-order valence-electron chi connectivity index (χ2n) is 6.28. The molecule has 3 rings (SSSR count). The standard InChI is InChI=1S/C17H24N4O2/c22-16-7-8-19-17(23)20(16)11-4-12-21(13-9-18-10-14-21)15-5-2-1-3-6-15/h1-3,5-6,18H,4,7-14H2/p+1. The molecule has 0 spiro atoms. The fourth-order valence-electron chi connectivity index (χ4n) is 3.56. The molecular weight excluding hydrogens is 292 g/mol. The summed E-state index contributed by atoms with van der Waals surface area (Å²) in [5, 5.41) is 6.16. The minimum absolute atomic E-state index is 0.0553. The summed E-state index contributed by atoms with van der Waals surface area (Å²) in [4.78, 5) is 25.1. The second kappa shape index (κ2) is 7.10. The van der Waals surface area contributed by atoms with Gasteiger partial charge in [-0.05, 0) is 12.1 Å². The van der Waals surface area contributed by atoms with Crippen LogP contribution in [0.5, 0.6) is 0 Å². The summed E-state index contributed by atoms with van der Waals surface area (Å²) < 4.78 is 0.928. The van der Waals surface area contributed by atoms with Gasteiger partial charge in [0.2, 0.25) is 5.91 Å². The van der Waals surface area contributed by atoms with Crippen molar-refractivity contribution < 1.29 is 9.59 Å². The number of carbonyl (C=O) groups is 2. The van der Waals surface area contributed by atoms with E-state index < -0.39 is 0 Å². The van der Waals surface area contributed by atoms with Gasteiger partial charge < -0.3 is 10.6 Å². The minimum Gasteiger partial charge on any atom is -0.337 e. The number of rotatable bonds is 5. The Morgan fingerprint density at radius 2 is 1.78 bits per heavy atom. The van der Waals surface area contributed by atoms with E-state index in [0.717, 1.165) is 43.6 Å². The molecule has 23 heavy (non-hydrogen) atoms. The molecule has 2 fully saturated rings. The van der Waals surface area contributed by atoms with E-state index in [0.29, 0.717) is 19.5 Å². The van der Waals surface area contributed by atoms with Crippen molar-refractivity contribution in [1.82, 2.24) is 20.0 Å². The molecule has 0 saturated carbocycles. The topological polar surface area (TPSA) is 61.4 Å². The van der Waals surface area contributed by atoms with Crippen molar-refractivity contribution in [2.24, 2.45) is 0 Å². The molecule has 2 aliphatic heterocycles. The van der Waals surface area contributed by atoms with E-state index in [1.165, 1.54) is 10.6 Å². The van der Waals surface area contributed by atoms with Gasteiger partial charge in [-0.1, -0.05) is 18.2 Å². The lowest BCUT2D eigenvalue weighted by atomic mass is 10.1. The fourth-order valence-corrected chi connectivity index (χ4v) is 3.56. The summed E-state index contributed by atoms with van der Waals surface area (Å²) in [6, 6.07) is 10.3. The van der Waals surface area contributed by atoms with Gasteiger partial charge in [-0.3, -0.25) is 14.2 Å². The van der Waals surface area contributed by atoms with Crippen LogP contribution in [0.25, 0.3) is 0 Å². The van der Waals surface area contributed by atoms with E-state index in [4.69, 9.17) is 0 Å². The molecule has 124 valence electrons. The van der Waals surface area contributed by atoms with E-state index in [1.807, 2.05) is 6.07 Å². The lowest BCUT2D eigenvalue weighted by Crippen LogP contribution is -2.61. The number of para-hydroxylation sites is 1. The number of carbonyl (C=O) groups excluding carboxylic acids is 2. The number of urea groups is 1. The number of amides is 3. The Hall–Kier alpha value is -1.92. The Morgan fingerprint density at radius 3 is 2.48 bits per heavy atom. The predicted octanol–water partition coefficient (Wildman–Crippen LogP) is 0.929. The Kier molecular flexibility index (Phi) is 4.93. The molecule has 2 saturated heterocycles. The first kappa shape index (κ1) is 16.0. The molecule has 0 unspecified atom stereocenters. The van der Waals surface area contributed by atoms with Crippen molar-refractivity contribution in [3.8, 4) is 0 Å². The Bertz CT molecular complexity index is 539. The molecule has 1 aromatic rings. The van der Waals surface area contributed by atoms with Crippen molar-refractivity contribution in [3.63, 3.8) is 0 Å². The average molecular weight is 317 g/mol. The number of quaternary nitrogens is 1. The monoisotopic (exact) mass is 317 g/mol. The summed E-state index contributed by atoms with van der Waals surface area (Å²) in [6.07, 6.45) is 1.24. The highest BCUT2D eigenvalue weighted by molar-refractivity contribution is 5.96. The number of benzene rings is 1. The van der Waals surface area contributed by atoms with Crippen molar-refractivity contribution in [2.75, 3.05) is 45.8 Å². The summed E-state index contributed by atoms with van der Waals surface area (Å²) in [6.45, 7) is 6.00. The molecule has 2 N–H and O–H groups in total. The first-order chi connectivity index (χ1) is 11.2. The number of hydrogen-bond acceptors (Lipinski definition) is 3. The van der Waals surface area contributed by atoms with Crippen LogP contribution in [-0.4, -0.2) is 62.7 Å². The van der Waals surface area contributed by atoms with Gasteiger partial charge in [0, 0.05) is 39.0 Å². The molecule has 6 nitrogen and oxygen atoms in total. The Balaban J connectivity index is 1.65. The highest BCUT2D eigenvalue weighted by Gasteiger charge is 2.33. The normalized spacial score (nSPS) is 21.1. The van der Waals surface area contributed by atoms with Gasteiger partial charge in [0.1, 0.15) is 5.69 Å². The van der Waals surface area contributed by atoms with Gasteiger partial charge >= 0.3 is 6.03 Å². The number of nitrogens with one attached hydrogen (secondary N) is 2. The van der Waals surface area contributed by atoms with Crippen LogP contribution in [0.3, 0.4) is 0 Å². The largest absolute Gasteiger partial charge is 0.337 e. The van der Waals surface area contributed by atoms with Crippen LogP contribution in [0.4, 0.5) is 10.5 Å². The number of hydrogen-bond donors (Lipinski definition) is 2. The number of imide groups is 1. The maximum Gasteiger partial charge on any atom is 0.324 e. The van der Waals surface area contributed by atoms with Gasteiger partial charge in [0.15, 0.2) is 0 Å². The third-order valence-electron chi connectivity index (χ3n) is 4.87. The fraction of sp³-hybridized carbons (Fsp3) is 0.529. The second-order valence-corrected chi connectivity index (χ2v) is 6.28. The average Bonchev–Trinajstić information content (AvgIpc) is 2.59. The summed E-state index contributed by atoms with van der Waals surface area (Å²) in [5.74, 6) is -0.0553. The van der Waals surface area contributed by atoms with Crippen LogP contribution < -0.4 is 15.1 Å². The van der Waals surface area contributed by atoms with Crippen molar-refractivity contribution >= 4 is 17.6 Å². The number of nitrogens with zero attached hydrogens (tertiary/aromatic N) is 2. The smallest absolute Gasteiger partial charge is 0.324 e. The van der Waals surface area contributed by atoms with Crippen LogP contribution in [0.2, 0.25) is 0 Å². The van der Waals surface area contributed by atoms with Crippen LogP contribution >= 0.6 is 0 Å². The van der Waals surface area contributed by atoms with Gasteiger partial charge in [-0.2, -0.15) is 0 Å². The maximum atomic E-state index is 11.9. The van der Waals surface area contributed by atoms with Gasteiger partial charge in [0.25, 0.3) is 0 Å². The Morgan fingerprint density at radius 1 is 1.04 bits per heavy atom. The van der Waals surface area contributed by atoms with Crippen molar-refractivity contribution in [2.45, 2.75) is 12.8 Å². The molecular formula is C17H25N4O2+. The molecule has 6 heteroatoms. The molecule has 2 heterocycles. The third-order valence-corrected chi connectivity index (χ3v) is 4.87. The third kappa shape index (κ3) is 3.54. The van der Waals surface area contributed by atoms with E-state index in [9.17, 15) is 9.59 Å². The zero-order valence-electron chi connectivity index (χ0n) is 13.5. The quantitative estimate of drug-likeness (QED) is 0.794. The molecule has 0 bridgehead atoms. The minimum atomic E-state index is -0.243. The lowest BCUT2D eigenvalue weighted by Gasteiger charge is -2.41. The Labute approximate surface area is 137 Å². The van der Waals surface area contributed by atoms with E-state index in [1.54, 1.807) is 0 Å². The molecule has 0 radical (unpaired) electrons. The summed E-state index contributed by atoms with van der Waals surface area (Å²) in [5.41, 5.74) is 1.32. The molecule has 1 aromatic carbocycles. The van der Waals surface area contributed by atoms with Crippen LogP contribution in [0.15, 0.2) is 30.3 Å². The summed E-state index contributed by atoms with van der Waals surface area (Å²) in [7, 11) is 0. The van der Waals surface area contributed by atoms with E-state index >= 15 is 0 Å². The predicted molar refractivity (Wildman–Crippen MR) is 90.1 cm³/mol. The zero-order valence-corrected chi connectivity index (χ0v) is 13.5. The van der Waals surface area contributed by atoms with Crippen LogP contribution in [0, 0.1) is 0 Å². The van der Waals surface area contributed by atoms with Gasteiger partial charge in [-0.15, -0.1) is 0 Å². The van der Waals surface area contributed by atoms with Crippen molar-refractivity contribution in [3.05, 3.63) is 30.3 Å². The SMILES string of the molecule is O=C1CCNC(=O)N1CCC[N+]1(c2ccccc2)CCNCC1. The summed E-state index contributed by atoms with van der Waals surface area (Å²) >= 11 is 0. The van der Waals surface area contributed by atoms with Crippen LogP contribution in [0.1, 0.15) is 12.8 Å². The molecule has 3 amide bonds. The van der Waals surface area contributed by atoms with Gasteiger partial charge in [-0.25, -0.2) is 4.79 Å². The highest BCUT2D eigenvalue weighted by atomic mass is 16.2. The molecule has 2 aliphatic rings. The molecule has 0 aliphatic carbocycles. The van der Waals surface area contributed by atoms with Crippen LogP contribution in [-0.2, 0) is 4.79 Å². The van der Waals surface area contributed by atoms with Gasteiger partial charge in [0.05, 0.1) is 19.6 Å². The number of piperazine rings is 1. The first-order valence-electron chi connectivity index (χ1n) is 8.42. The maximum absolute atomic E-state index is 11.9. The first-order valence-corrected chi connectivity index (χ1v) is 8.42. The lowest BCUT2D eigenvalue weighted by molar-refractivity contribution is -0.129. The zero-order chi connectivity index (χ0) is 16.1. The van der Waals surface area contributed by atoms with E-state index in [2.05, 4.69) is 34.9 Å².